The molecule has 5 unspecified atom stereocenters. The molecule has 3 amide bonds. The van der Waals surface area contributed by atoms with E-state index >= 15 is 0 Å². The number of aliphatic hydroxyl groups excluding tert-OH is 1. The van der Waals surface area contributed by atoms with E-state index in [9.17, 15) is 29.4 Å². The average Bonchev–Trinajstić information content (AvgIpc) is 2.82. The molecular formula is C22H45N9O6. The van der Waals surface area contributed by atoms with Crippen LogP contribution in [0.4, 0.5) is 0 Å². The van der Waals surface area contributed by atoms with Gasteiger partial charge in [0, 0.05) is 6.54 Å². The van der Waals surface area contributed by atoms with Gasteiger partial charge in [-0.15, -0.1) is 0 Å². The third kappa shape index (κ3) is 15.0. The Kier molecular flexibility index (Phi) is 17.6. The van der Waals surface area contributed by atoms with Crippen molar-refractivity contribution < 1.29 is 29.4 Å². The Morgan fingerprint density at radius 3 is 1.84 bits per heavy atom. The van der Waals surface area contributed by atoms with E-state index in [1.54, 1.807) is 0 Å². The first-order valence-corrected chi connectivity index (χ1v) is 12.5. The Balaban J connectivity index is 5.34. The predicted octanol–water partition coefficient (Wildman–Crippen LogP) is -3.45. The van der Waals surface area contributed by atoms with Crippen molar-refractivity contribution in [3.8, 4) is 0 Å². The number of carboxylic acid groups (broad SMARTS) is 1. The zero-order chi connectivity index (χ0) is 28.4. The minimum absolute atomic E-state index is 0.0120. The quantitative estimate of drug-likeness (QED) is 0.0418. The summed E-state index contributed by atoms with van der Waals surface area (Å²) in [6.07, 6.45) is 2.00. The molecule has 15 N–H and O–H groups in total. The molecule has 0 bridgehead atoms. The van der Waals surface area contributed by atoms with Gasteiger partial charge in [-0.2, -0.15) is 0 Å². The molecule has 0 aromatic heterocycles. The highest BCUT2D eigenvalue weighted by atomic mass is 16.4. The van der Waals surface area contributed by atoms with Crippen LogP contribution in [0.2, 0.25) is 0 Å². The van der Waals surface area contributed by atoms with Gasteiger partial charge in [-0.25, -0.2) is 4.79 Å². The zero-order valence-corrected chi connectivity index (χ0v) is 21.5. The van der Waals surface area contributed by atoms with Gasteiger partial charge >= 0.3 is 5.97 Å². The highest BCUT2D eigenvalue weighted by Crippen LogP contribution is 2.06. The first kappa shape index (κ1) is 34.0. The molecule has 0 aliphatic rings. The molecule has 0 spiro atoms. The highest BCUT2D eigenvalue weighted by molar-refractivity contribution is 5.94. The summed E-state index contributed by atoms with van der Waals surface area (Å²) >= 11 is 0. The molecule has 0 aromatic carbocycles. The Hall–Kier alpha value is -3.01. The number of aliphatic imine (C=N–C) groups is 1. The molecule has 214 valence electrons. The summed E-state index contributed by atoms with van der Waals surface area (Å²) in [6, 6.07) is -4.66. The number of amides is 3. The van der Waals surface area contributed by atoms with Crippen molar-refractivity contribution in [1.29, 1.82) is 0 Å². The van der Waals surface area contributed by atoms with E-state index in [2.05, 4.69) is 20.9 Å². The maximum atomic E-state index is 13.0. The van der Waals surface area contributed by atoms with Gasteiger partial charge < -0.3 is 54.8 Å². The van der Waals surface area contributed by atoms with Crippen molar-refractivity contribution in [2.75, 3.05) is 19.6 Å². The van der Waals surface area contributed by atoms with Crippen LogP contribution in [0.15, 0.2) is 4.99 Å². The summed E-state index contributed by atoms with van der Waals surface area (Å²) in [6.45, 7) is 2.30. The van der Waals surface area contributed by atoms with Gasteiger partial charge in [-0.1, -0.05) is 6.42 Å². The minimum atomic E-state index is -1.47. The summed E-state index contributed by atoms with van der Waals surface area (Å²) < 4.78 is 0. The molecule has 5 atom stereocenters. The number of carbonyl (C=O) groups excluding carboxylic acids is 3. The maximum absolute atomic E-state index is 13.0. The second kappa shape index (κ2) is 19.1. The largest absolute Gasteiger partial charge is 0.480 e. The molecule has 15 heteroatoms. The second-order valence-corrected chi connectivity index (χ2v) is 8.81. The third-order valence-electron chi connectivity index (χ3n) is 5.51. The Morgan fingerprint density at radius 2 is 1.32 bits per heavy atom. The van der Waals surface area contributed by atoms with Crippen LogP contribution in [0.1, 0.15) is 58.3 Å². The van der Waals surface area contributed by atoms with Crippen molar-refractivity contribution in [2.45, 2.75) is 88.6 Å². The van der Waals surface area contributed by atoms with Crippen LogP contribution in [-0.4, -0.2) is 89.8 Å². The van der Waals surface area contributed by atoms with E-state index in [4.69, 9.17) is 28.7 Å². The van der Waals surface area contributed by atoms with Crippen LogP contribution >= 0.6 is 0 Å². The number of guanidine groups is 1. The number of nitrogens with one attached hydrogen (secondary N) is 3. The molecule has 0 aliphatic carbocycles. The van der Waals surface area contributed by atoms with Crippen molar-refractivity contribution in [1.82, 2.24) is 16.0 Å². The van der Waals surface area contributed by atoms with E-state index in [0.29, 0.717) is 45.2 Å². The third-order valence-corrected chi connectivity index (χ3v) is 5.51. The first-order chi connectivity index (χ1) is 17.4. The molecule has 15 nitrogen and oxygen atoms in total. The summed E-state index contributed by atoms with van der Waals surface area (Å²) in [7, 11) is 0. The number of carbonyl (C=O) groups is 4. The number of carboxylic acids is 1. The number of hydrogen-bond acceptors (Lipinski definition) is 9. The van der Waals surface area contributed by atoms with Gasteiger partial charge in [0.05, 0.1) is 12.1 Å². The van der Waals surface area contributed by atoms with Crippen LogP contribution in [0.25, 0.3) is 0 Å². The fourth-order valence-corrected chi connectivity index (χ4v) is 3.36. The Bertz CT molecular complexity index is 746. The average molecular weight is 532 g/mol. The van der Waals surface area contributed by atoms with Crippen molar-refractivity contribution in [3.05, 3.63) is 0 Å². The van der Waals surface area contributed by atoms with E-state index < -0.39 is 54.0 Å². The molecule has 37 heavy (non-hydrogen) atoms. The van der Waals surface area contributed by atoms with Crippen LogP contribution < -0.4 is 44.6 Å². The van der Waals surface area contributed by atoms with E-state index in [1.165, 1.54) is 6.92 Å². The number of aliphatic hydroxyl groups is 1. The maximum Gasteiger partial charge on any atom is 0.326 e. The summed E-state index contributed by atoms with van der Waals surface area (Å²) in [5.41, 5.74) is 27.4. The first-order valence-electron chi connectivity index (χ1n) is 12.5. The summed E-state index contributed by atoms with van der Waals surface area (Å²) in [5, 5.41) is 26.9. The normalized spacial score (nSPS) is 14.9. The standard InChI is InChI=1S/C22H45N9O6/c1-13(32)17(20(35)30-16(21(36)37)9-6-12-28-22(26)27)31-19(34)15(8-3-5-11-24)29-18(33)14(25)7-2-4-10-23/h13-17,32H,2-12,23-25H2,1H3,(H,29,33)(H,30,35)(H,31,34)(H,36,37)(H4,26,27,28). The van der Waals surface area contributed by atoms with Crippen molar-refractivity contribution in [3.63, 3.8) is 0 Å². The molecule has 0 aliphatic heterocycles. The van der Waals surface area contributed by atoms with E-state index in [0.717, 1.165) is 0 Å². The van der Waals surface area contributed by atoms with Gasteiger partial charge in [-0.05, 0) is 65.0 Å². The topological polar surface area (TPSA) is 287 Å². The number of unbranched alkanes of at least 4 members (excludes halogenated alkanes) is 2. The molecule has 0 saturated heterocycles. The van der Waals surface area contributed by atoms with Crippen LogP contribution in [0.3, 0.4) is 0 Å². The van der Waals surface area contributed by atoms with E-state index in [1.807, 2.05) is 0 Å². The summed E-state index contributed by atoms with van der Waals surface area (Å²) in [4.78, 5) is 53.7. The highest BCUT2D eigenvalue weighted by Gasteiger charge is 2.32. The second-order valence-electron chi connectivity index (χ2n) is 8.81. The lowest BCUT2D eigenvalue weighted by Gasteiger charge is -2.26. The van der Waals surface area contributed by atoms with E-state index in [-0.39, 0.29) is 31.8 Å². The van der Waals surface area contributed by atoms with Gasteiger partial charge in [0.15, 0.2) is 5.96 Å². The molecule has 0 heterocycles. The SMILES string of the molecule is CC(O)C(NC(=O)C(CCCCN)NC(=O)C(N)CCCCN)C(=O)NC(CCCN=C(N)N)C(=O)O. The van der Waals surface area contributed by atoms with Crippen LogP contribution in [0.5, 0.6) is 0 Å². The molecule has 0 aromatic rings. The number of rotatable bonds is 20. The van der Waals surface area contributed by atoms with Gasteiger partial charge in [0.1, 0.15) is 18.1 Å². The number of nitrogens with two attached hydrogens (primary N) is 5. The van der Waals surface area contributed by atoms with Gasteiger partial charge in [0.25, 0.3) is 0 Å². The fourth-order valence-electron chi connectivity index (χ4n) is 3.36. The molecule has 0 fully saturated rings. The minimum Gasteiger partial charge on any atom is -0.480 e. The van der Waals surface area contributed by atoms with Crippen LogP contribution in [0, 0.1) is 0 Å². The van der Waals surface area contributed by atoms with Gasteiger partial charge in [0.2, 0.25) is 17.7 Å². The lowest BCUT2D eigenvalue weighted by Crippen LogP contribution is -2.59. The van der Waals surface area contributed by atoms with Crippen LogP contribution in [-0.2, 0) is 19.2 Å². The molecule has 0 saturated carbocycles. The smallest absolute Gasteiger partial charge is 0.326 e. The predicted molar refractivity (Wildman–Crippen MR) is 139 cm³/mol. The molecular weight excluding hydrogens is 486 g/mol. The molecule has 0 radical (unpaired) electrons. The Labute approximate surface area is 217 Å². The lowest BCUT2D eigenvalue weighted by atomic mass is 10.0. The Morgan fingerprint density at radius 1 is 0.784 bits per heavy atom. The molecule has 0 rings (SSSR count). The number of hydrogen-bond donors (Lipinski definition) is 10. The van der Waals surface area contributed by atoms with Crippen molar-refractivity contribution in [2.24, 2.45) is 33.7 Å². The number of nitrogens with zero attached hydrogens (tertiary/aromatic N) is 1. The zero-order valence-electron chi connectivity index (χ0n) is 21.5. The number of aliphatic carboxylic acids is 1. The van der Waals surface area contributed by atoms with Crippen molar-refractivity contribution >= 4 is 29.7 Å². The summed E-state index contributed by atoms with van der Waals surface area (Å²) in [5.74, 6) is -3.60. The lowest BCUT2D eigenvalue weighted by molar-refractivity contribution is -0.143. The monoisotopic (exact) mass is 531 g/mol. The van der Waals surface area contributed by atoms with Gasteiger partial charge in [-0.3, -0.25) is 19.4 Å². The fraction of sp³-hybridized carbons (Fsp3) is 0.773.